The molecule has 0 amide bonds. The molecule has 0 aliphatic rings. The van der Waals surface area contributed by atoms with Gasteiger partial charge in [-0.25, -0.2) is 0 Å². The zero-order valence-corrected chi connectivity index (χ0v) is 12.8. The molecule has 1 rings (SSSR count). The fourth-order valence-corrected chi connectivity index (χ4v) is 2.36. The largest absolute Gasteiger partial charge is 0.459 e. The summed E-state index contributed by atoms with van der Waals surface area (Å²) < 4.78 is 95.6. The molecule has 0 aliphatic heterocycles. The van der Waals surface area contributed by atoms with E-state index in [0.29, 0.717) is 12.0 Å². The first kappa shape index (κ1) is 19.7. The maximum atomic E-state index is 13.8. The fraction of sp³-hybridized carbons (Fsp3) is 0.600. The van der Waals surface area contributed by atoms with Crippen molar-refractivity contribution in [3.05, 3.63) is 35.4 Å². The van der Waals surface area contributed by atoms with Crippen LogP contribution >= 0.6 is 0 Å². The first-order chi connectivity index (χ1) is 10.3. The Hall–Kier alpha value is -1.31. The Balaban J connectivity index is 3.30. The Labute approximate surface area is 129 Å². The summed E-state index contributed by atoms with van der Waals surface area (Å²) in [6, 6.07) is 6.05. The van der Waals surface area contributed by atoms with Gasteiger partial charge in [0.25, 0.3) is 0 Å². The van der Waals surface area contributed by atoms with Crippen LogP contribution < -0.4 is 0 Å². The van der Waals surface area contributed by atoms with Crippen LogP contribution in [0.5, 0.6) is 0 Å². The van der Waals surface area contributed by atoms with Gasteiger partial charge in [0.1, 0.15) is 0 Å². The molecule has 23 heavy (non-hydrogen) atoms. The van der Waals surface area contributed by atoms with Crippen molar-refractivity contribution in [3.63, 3.8) is 0 Å². The second-order valence-corrected chi connectivity index (χ2v) is 5.40. The van der Waals surface area contributed by atoms with Gasteiger partial charge in [-0.1, -0.05) is 31.2 Å². The molecule has 132 valence electrons. The number of halogens is 7. The van der Waals surface area contributed by atoms with E-state index in [0.717, 1.165) is 14.0 Å². The van der Waals surface area contributed by atoms with Gasteiger partial charge in [0.2, 0.25) is 0 Å². The van der Waals surface area contributed by atoms with Crippen LogP contribution in [0.3, 0.4) is 0 Å². The van der Waals surface area contributed by atoms with Crippen LogP contribution in [0.2, 0.25) is 0 Å². The molecule has 1 aromatic carbocycles. The van der Waals surface area contributed by atoms with E-state index in [1.165, 1.54) is 12.1 Å². The van der Waals surface area contributed by atoms with Crippen LogP contribution in [0.25, 0.3) is 0 Å². The van der Waals surface area contributed by atoms with Gasteiger partial charge in [0.15, 0.2) is 0 Å². The van der Waals surface area contributed by atoms with Gasteiger partial charge in [-0.3, -0.25) is 0 Å². The van der Waals surface area contributed by atoms with Gasteiger partial charge in [-0.05, 0) is 24.5 Å². The van der Waals surface area contributed by atoms with E-state index in [9.17, 15) is 30.7 Å². The van der Waals surface area contributed by atoms with Gasteiger partial charge in [-0.2, -0.15) is 30.7 Å². The van der Waals surface area contributed by atoms with Crippen LogP contribution in [-0.2, 0) is 16.8 Å². The number of alkyl halides is 7. The SMILES string of the molecule is CCc1ccccc1C(C)(CC(F)(F)C(F)(F)C(F)(F)F)OC. The summed E-state index contributed by atoms with van der Waals surface area (Å²) in [6.07, 6.45) is -7.77. The molecule has 0 aliphatic carbocycles. The van der Waals surface area contributed by atoms with Gasteiger partial charge in [0, 0.05) is 7.11 Å². The van der Waals surface area contributed by atoms with Crippen molar-refractivity contribution in [2.45, 2.75) is 50.3 Å². The standard InChI is InChI=1S/C15H17F7O/c1-4-10-7-5-6-8-11(10)12(2,23-3)9-13(16,17)14(18,19)15(20,21)22/h5-8H,4,9H2,1-3H3. The molecule has 1 unspecified atom stereocenters. The predicted octanol–water partition coefficient (Wildman–Crippen LogP) is 5.33. The highest BCUT2D eigenvalue weighted by molar-refractivity contribution is 5.32. The van der Waals surface area contributed by atoms with Gasteiger partial charge in [0.05, 0.1) is 12.0 Å². The van der Waals surface area contributed by atoms with E-state index in [2.05, 4.69) is 0 Å². The molecule has 1 nitrogen and oxygen atoms in total. The summed E-state index contributed by atoms with van der Waals surface area (Å²) >= 11 is 0. The summed E-state index contributed by atoms with van der Waals surface area (Å²) in [7, 11) is 0.994. The lowest BCUT2D eigenvalue weighted by Crippen LogP contribution is -2.54. The van der Waals surface area contributed by atoms with E-state index in [1.807, 2.05) is 0 Å². The number of benzene rings is 1. The summed E-state index contributed by atoms with van der Waals surface area (Å²) in [5, 5.41) is 0. The minimum atomic E-state index is -6.35. The third-order valence-corrected chi connectivity index (χ3v) is 3.79. The van der Waals surface area contributed by atoms with E-state index in [4.69, 9.17) is 4.74 Å². The molecule has 1 aromatic rings. The van der Waals surface area contributed by atoms with Gasteiger partial charge < -0.3 is 4.74 Å². The number of hydrogen-bond acceptors (Lipinski definition) is 1. The molecule has 0 heterocycles. The topological polar surface area (TPSA) is 9.23 Å². The molecule has 0 radical (unpaired) electrons. The first-order valence-corrected chi connectivity index (χ1v) is 6.78. The third kappa shape index (κ3) is 3.62. The van der Waals surface area contributed by atoms with Crippen molar-refractivity contribution in [3.8, 4) is 0 Å². The summed E-state index contributed by atoms with van der Waals surface area (Å²) in [5.74, 6) is -11.5. The van der Waals surface area contributed by atoms with E-state index < -0.39 is 30.0 Å². The summed E-state index contributed by atoms with van der Waals surface area (Å²) in [5.41, 5.74) is -1.31. The first-order valence-electron chi connectivity index (χ1n) is 6.78. The van der Waals surface area contributed by atoms with Crippen molar-refractivity contribution in [1.82, 2.24) is 0 Å². The molecule has 0 saturated heterocycles. The number of aryl methyl sites for hydroxylation is 1. The zero-order valence-electron chi connectivity index (χ0n) is 12.8. The van der Waals surface area contributed by atoms with Crippen molar-refractivity contribution in [1.29, 1.82) is 0 Å². The van der Waals surface area contributed by atoms with E-state index in [-0.39, 0.29) is 5.56 Å². The van der Waals surface area contributed by atoms with Crippen LogP contribution in [0.4, 0.5) is 30.7 Å². The van der Waals surface area contributed by atoms with Gasteiger partial charge >= 0.3 is 18.0 Å². The zero-order chi connectivity index (χ0) is 18.1. The Kier molecular flexibility index (Phi) is 5.40. The molecular formula is C15H17F7O. The minimum absolute atomic E-state index is 0.155. The molecule has 0 fully saturated rings. The lowest BCUT2D eigenvalue weighted by Gasteiger charge is -2.37. The van der Waals surface area contributed by atoms with E-state index in [1.54, 1.807) is 19.1 Å². The third-order valence-electron chi connectivity index (χ3n) is 3.79. The number of hydrogen-bond donors (Lipinski definition) is 0. The fourth-order valence-electron chi connectivity index (χ4n) is 2.36. The Morgan fingerprint density at radius 2 is 1.48 bits per heavy atom. The van der Waals surface area contributed by atoms with Crippen molar-refractivity contribution >= 4 is 0 Å². The second-order valence-electron chi connectivity index (χ2n) is 5.40. The molecule has 0 bridgehead atoms. The molecule has 0 aromatic heterocycles. The number of rotatable bonds is 6. The van der Waals surface area contributed by atoms with Gasteiger partial charge in [-0.15, -0.1) is 0 Å². The molecule has 0 N–H and O–H groups in total. The average Bonchev–Trinajstić information content (AvgIpc) is 2.45. The predicted molar refractivity (Wildman–Crippen MR) is 70.7 cm³/mol. The van der Waals surface area contributed by atoms with Crippen LogP contribution in [0, 0.1) is 0 Å². The maximum Gasteiger partial charge on any atom is 0.459 e. The molecule has 1 atom stereocenters. The maximum absolute atomic E-state index is 13.8. The lowest BCUT2D eigenvalue weighted by atomic mass is 9.84. The number of ether oxygens (including phenoxy) is 1. The molecule has 8 heteroatoms. The smallest absolute Gasteiger partial charge is 0.374 e. The molecular weight excluding hydrogens is 329 g/mol. The minimum Gasteiger partial charge on any atom is -0.374 e. The van der Waals surface area contributed by atoms with Crippen molar-refractivity contribution < 1.29 is 35.5 Å². The highest BCUT2D eigenvalue weighted by Gasteiger charge is 2.73. The Bertz CT molecular complexity index is 539. The van der Waals surface area contributed by atoms with Crippen molar-refractivity contribution in [2.75, 3.05) is 7.11 Å². The number of methoxy groups -OCH3 is 1. The Morgan fingerprint density at radius 3 is 1.91 bits per heavy atom. The quantitative estimate of drug-likeness (QED) is 0.632. The second kappa shape index (κ2) is 6.30. The van der Waals surface area contributed by atoms with E-state index >= 15 is 0 Å². The van der Waals surface area contributed by atoms with Crippen LogP contribution in [0.1, 0.15) is 31.4 Å². The molecule has 0 saturated carbocycles. The molecule has 0 spiro atoms. The monoisotopic (exact) mass is 346 g/mol. The highest BCUT2D eigenvalue weighted by Crippen LogP contribution is 2.51. The summed E-state index contributed by atoms with van der Waals surface area (Å²) in [4.78, 5) is 0. The van der Waals surface area contributed by atoms with Crippen LogP contribution in [-0.4, -0.2) is 25.1 Å². The lowest BCUT2D eigenvalue weighted by molar-refractivity contribution is -0.362. The highest BCUT2D eigenvalue weighted by atomic mass is 19.4. The normalized spacial score (nSPS) is 16.3. The Morgan fingerprint density at radius 1 is 0.957 bits per heavy atom. The summed E-state index contributed by atoms with van der Waals surface area (Å²) in [6.45, 7) is 2.78. The van der Waals surface area contributed by atoms with Crippen LogP contribution in [0.15, 0.2) is 24.3 Å². The van der Waals surface area contributed by atoms with Crippen molar-refractivity contribution in [2.24, 2.45) is 0 Å². The average molecular weight is 346 g/mol.